The monoisotopic (exact) mass is 334 g/mol. The molecule has 1 heterocycles. The third kappa shape index (κ3) is 3.76. The van der Waals surface area contributed by atoms with E-state index in [4.69, 9.17) is 5.11 Å². The number of nitrogens with zero attached hydrogens (tertiary/aromatic N) is 3. The van der Waals surface area contributed by atoms with Crippen molar-refractivity contribution < 1.29 is 19.1 Å². The maximum atomic E-state index is 14.0. The molecule has 0 aliphatic carbocycles. The quantitative estimate of drug-likeness (QED) is 0.806. The van der Waals surface area contributed by atoms with Gasteiger partial charge in [0.1, 0.15) is 23.4 Å². The number of carbonyl (C=O) groups is 2. The van der Waals surface area contributed by atoms with E-state index in [1.807, 2.05) is 6.92 Å². The Balaban J connectivity index is 2.31. The number of hydrogen-bond acceptors (Lipinski definition) is 4. The van der Waals surface area contributed by atoms with E-state index in [9.17, 15) is 14.0 Å². The number of amides is 1. The van der Waals surface area contributed by atoms with Crippen LogP contribution in [-0.4, -0.2) is 37.8 Å². The molecule has 1 unspecified atom stereocenters. The second-order valence-electron chi connectivity index (χ2n) is 5.22. The van der Waals surface area contributed by atoms with E-state index in [1.165, 1.54) is 16.8 Å². The van der Waals surface area contributed by atoms with Crippen LogP contribution in [0.4, 0.5) is 4.39 Å². The zero-order valence-corrected chi connectivity index (χ0v) is 13.5. The van der Waals surface area contributed by atoms with E-state index in [2.05, 4.69) is 15.4 Å². The highest BCUT2D eigenvalue weighted by Crippen LogP contribution is 2.14. The maximum absolute atomic E-state index is 14.0. The first-order valence-corrected chi connectivity index (χ1v) is 7.72. The molecule has 7 nitrogen and oxygen atoms in total. The molecule has 2 N–H and O–H groups in total. The van der Waals surface area contributed by atoms with Gasteiger partial charge in [0.25, 0.3) is 5.91 Å². The smallest absolute Gasteiger partial charge is 0.326 e. The summed E-state index contributed by atoms with van der Waals surface area (Å²) < 4.78 is 15.2. The van der Waals surface area contributed by atoms with E-state index in [-0.39, 0.29) is 11.5 Å². The van der Waals surface area contributed by atoms with Crippen LogP contribution in [0.2, 0.25) is 0 Å². The first-order chi connectivity index (χ1) is 11.5. The van der Waals surface area contributed by atoms with Crippen LogP contribution in [0, 0.1) is 5.82 Å². The summed E-state index contributed by atoms with van der Waals surface area (Å²) in [5.41, 5.74) is 0.184. The lowest BCUT2D eigenvalue weighted by Gasteiger charge is -2.11. The molecule has 128 valence electrons. The van der Waals surface area contributed by atoms with Crippen molar-refractivity contribution in [3.63, 3.8) is 0 Å². The number of carboxylic acid groups (broad SMARTS) is 1. The van der Waals surface area contributed by atoms with E-state index in [0.29, 0.717) is 25.1 Å². The van der Waals surface area contributed by atoms with E-state index < -0.39 is 23.7 Å². The number of nitrogens with one attached hydrogen (secondary N) is 1. The standard InChI is InChI=1S/C16H19FN4O3/c1-3-7-11(16(23)24)18-15(22)14-19-13(4-2)21(20-14)12-9-6-5-8-10(12)17/h5-6,8-9,11H,3-4,7H2,1-2H3,(H,18,22)(H,23,24). The highest BCUT2D eigenvalue weighted by Gasteiger charge is 2.23. The number of carbonyl (C=O) groups excluding carboxylic acids is 1. The fraction of sp³-hybridized carbons (Fsp3) is 0.375. The van der Waals surface area contributed by atoms with Crippen LogP contribution in [-0.2, 0) is 11.2 Å². The molecule has 0 radical (unpaired) electrons. The Kier molecular flexibility index (Phi) is 5.62. The number of halogens is 1. The van der Waals surface area contributed by atoms with Crippen LogP contribution in [0.5, 0.6) is 0 Å². The molecule has 0 bridgehead atoms. The SMILES string of the molecule is CCCC(NC(=O)c1nc(CC)n(-c2ccccc2F)n1)C(=O)O. The fourth-order valence-corrected chi connectivity index (χ4v) is 2.25. The molecule has 0 aliphatic heterocycles. The van der Waals surface area contributed by atoms with Crippen molar-refractivity contribution in [2.75, 3.05) is 0 Å². The summed E-state index contributed by atoms with van der Waals surface area (Å²) in [6.07, 6.45) is 1.34. The summed E-state index contributed by atoms with van der Waals surface area (Å²) in [6, 6.07) is 5.02. The van der Waals surface area contributed by atoms with Gasteiger partial charge in [-0.25, -0.2) is 18.9 Å². The molecular formula is C16H19FN4O3. The van der Waals surface area contributed by atoms with Gasteiger partial charge in [0, 0.05) is 6.42 Å². The fourth-order valence-electron chi connectivity index (χ4n) is 2.25. The second-order valence-corrected chi connectivity index (χ2v) is 5.22. The normalized spacial score (nSPS) is 12.0. The Morgan fingerprint density at radius 3 is 2.62 bits per heavy atom. The minimum atomic E-state index is -1.12. The minimum Gasteiger partial charge on any atom is -0.480 e. The van der Waals surface area contributed by atoms with Gasteiger partial charge in [-0.2, -0.15) is 0 Å². The summed E-state index contributed by atoms with van der Waals surface area (Å²) in [4.78, 5) is 27.5. The molecule has 2 aromatic rings. The van der Waals surface area contributed by atoms with Gasteiger partial charge in [0.05, 0.1) is 0 Å². The summed E-state index contributed by atoms with van der Waals surface area (Å²) in [7, 11) is 0. The van der Waals surface area contributed by atoms with Crippen molar-refractivity contribution in [3.05, 3.63) is 41.7 Å². The van der Waals surface area contributed by atoms with Crippen molar-refractivity contribution in [2.45, 2.75) is 39.2 Å². The van der Waals surface area contributed by atoms with Crippen LogP contribution >= 0.6 is 0 Å². The number of carboxylic acids is 1. The molecular weight excluding hydrogens is 315 g/mol. The molecule has 1 atom stereocenters. The van der Waals surface area contributed by atoms with Gasteiger partial charge < -0.3 is 10.4 Å². The summed E-state index contributed by atoms with van der Waals surface area (Å²) in [5, 5.41) is 15.5. The average Bonchev–Trinajstić information content (AvgIpc) is 2.99. The van der Waals surface area contributed by atoms with Crippen molar-refractivity contribution in [1.29, 1.82) is 0 Å². The maximum Gasteiger partial charge on any atom is 0.326 e. The highest BCUT2D eigenvalue weighted by atomic mass is 19.1. The van der Waals surface area contributed by atoms with Crippen molar-refractivity contribution in [2.24, 2.45) is 0 Å². The van der Waals surface area contributed by atoms with Gasteiger partial charge >= 0.3 is 5.97 Å². The van der Waals surface area contributed by atoms with E-state index in [0.717, 1.165) is 0 Å². The summed E-state index contributed by atoms with van der Waals surface area (Å²) in [5.74, 6) is -2.07. The average molecular weight is 334 g/mol. The van der Waals surface area contributed by atoms with Crippen LogP contribution in [0.15, 0.2) is 24.3 Å². The Labute approximate surface area is 138 Å². The molecule has 0 spiro atoms. The van der Waals surface area contributed by atoms with Crippen molar-refractivity contribution in [3.8, 4) is 5.69 Å². The number of rotatable bonds is 7. The van der Waals surface area contributed by atoms with Crippen molar-refractivity contribution >= 4 is 11.9 Å². The number of aryl methyl sites for hydroxylation is 1. The van der Waals surface area contributed by atoms with Gasteiger partial charge in [-0.15, -0.1) is 5.10 Å². The molecule has 1 aromatic heterocycles. The zero-order valence-electron chi connectivity index (χ0n) is 13.5. The topological polar surface area (TPSA) is 97.1 Å². The minimum absolute atomic E-state index is 0.183. The number of aliphatic carboxylic acids is 1. The Morgan fingerprint density at radius 1 is 1.33 bits per heavy atom. The molecule has 8 heteroatoms. The molecule has 24 heavy (non-hydrogen) atoms. The molecule has 0 saturated carbocycles. The Morgan fingerprint density at radius 2 is 2.04 bits per heavy atom. The van der Waals surface area contributed by atoms with Crippen LogP contribution in [0.3, 0.4) is 0 Å². The van der Waals surface area contributed by atoms with Crippen molar-refractivity contribution in [1.82, 2.24) is 20.1 Å². The zero-order chi connectivity index (χ0) is 17.7. The van der Waals surface area contributed by atoms with Gasteiger partial charge in [-0.05, 0) is 18.6 Å². The van der Waals surface area contributed by atoms with Gasteiger partial charge in [0.2, 0.25) is 5.82 Å². The summed E-state index contributed by atoms with van der Waals surface area (Å²) >= 11 is 0. The molecule has 1 amide bonds. The lowest BCUT2D eigenvalue weighted by molar-refractivity contribution is -0.139. The Hall–Kier alpha value is -2.77. The van der Waals surface area contributed by atoms with Crippen LogP contribution in [0.1, 0.15) is 43.1 Å². The first-order valence-electron chi connectivity index (χ1n) is 7.72. The van der Waals surface area contributed by atoms with Gasteiger partial charge in [-0.1, -0.05) is 32.4 Å². The van der Waals surface area contributed by atoms with E-state index >= 15 is 0 Å². The van der Waals surface area contributed by atoms with Crippen LogP contribution in [0.25, 0.3) is 5.69 Å². The molecule has 0 aliphatic rings. The number of aromatic nitrogens is 3. The lowest BCUT2D eigenvalue weighted by atomic mass is 10.1. The van der Waals surface area contributed by atoms with Gasteiger partial charge in [-0.3, -0.25) is 4.79 Å². The molecule has 1 aromatic carbocycles. The van der Waals surface area contributed by atoms with Crippen LogP contribution < -0.4 is 5.32 Å². The number of hydrogen-bond donors (Lipinski definition) is 2. The Bertz CT molecular complexity index is 745. The molecule has 0 fully saturated rings. The van der Waals surface area contributed by atoms with Gasteiger partial charge in [0.15, 0.2) is 0 Å². The van der Waals surface area contributed by atoms with E-state index in [1.54, 1.807) is 19.1 Å². The third-order valence-corrected chi connectivity index (χ3v) is 3.45. The largest absolute Gasteiger partial charge is 0.480 e. The molecule has 0 saturated heterocycles. The lowest BCUT2D eigenvalue weighted by Crippen LogP contribution is -2.41. The number of benzene rings is 1. The second kappa shape index (κ2) is 7.67. The predicted octanol–water partition coefficient (Wildman–Crippen LogP) is 1.95. The first kappa shape index (κ1) is 17.6. The number of para-hydroxylation sites is 1. The third-order valence-electron chi connectivity index (χ3n) is 3.45. The highest BCUT2D eigenvalue weighted by molar-refractivity contribution is 5.93. The summed E-state index contributed by atoms with van der Waals surface area (Å²) in [6.45, 7) is 3.63. The predicted molar refractivity (Wildman–Crippen MR) is 84.5 cm³/mol. The molecule has 2 rings (SSSR count).